The first-order valence-electron chi connectivity index (χ1n) is 7.59. The minimum absolute atomic E-state index is 0.0140. The smallest absolute Gasteiger partial charge is 0.327 e. The van der Waals surface area contributed by atoms with Gasteiger partial charge in [0.25, 0.3) is 0 Å². The number of terminal acetylenes is 1. The van der Waals surface area contributed by atoms with Gasteiger partial charge in [-0.2, -0.15) is 0 Å². The van der Waals surface area contributed by atoms with Crippen LogP contribution in [0.3, 0.4) is 0 Å². The maximum atomic E-state index is 11.9. The van der Waals surface area contributed by atoms with Crippen LogP contribution in [0.1, 0.15) is 52.4 Å². The molecule has 0 saturated heterocycles. The Kier molecular flexibility index (Phi) is 6.54. The van der Waals surface area contributed by atoms with Gasteiger partial charge < -0.3 is 15.7 Å². The van der Waals surface area contributed by atoms with E-state index in [2.05, 4.69) is 30.4 Å². The molecule has 0 aromatic heterocycles. The molecule has 5 nitrogen and oxygen atoms in total. The molecular weight excluding hydrogens is 268 g/mol. The number of nitrogens with one attached hydrogen (secondary N) is 2. The van der Waals surface area contributed by atoms with Crippen LogP contribution >= 0.6 is 0 Å². The van der Waals surface area contributed by atoms with E-state index in [1.54, 1.807) is 0 Å². The van der Waals surface area contributed by atoms with Crippen molar-refractivity contribution in [3.05, 3.63) is 0 Å². The maximum absolute atomic E-state index is 11.9. The zero-order valence-corrected chi connectivity index (χ0v) is 12.9. The van der Waals surface area contributed by atoms with E-state index in [0.717, 1.165) is 19.3 Å². The van der Waals surface area contributed by atoms with E-state index in [1.807, 2.05) is 0 Å². The number of rotatable bonds is 7. The van der Waals surface area contributed by atoms with E-state index in [1.165, 1.54) is 12.8 Å². The molecule has 1 atom stereocenters. The molecule has 1 rings (SSSR count). The zero-order valence-electron chi connectivity index (χ0n) is 12.9. The number of amides is 2. The third-order valence-corrected chi connectivity index (χ3v) is 4.05. The number of urea groups is 1. The van der Waals surface area contributed by atoms with Crippen LogP contribution in [0.2, 0.25) is 0 Å². The van der Waals surface area contributed by atoms with E-state index in [4.69, 9.17) is 11.5 Å². The summed E-state index contributed by atoms with van der Waals surface area (Å²) in [4.78, 5) is 22.8. The standard InChI is InChI=1S/C16H26N2O3/c1-4-7-13(14(19)20)18-15(21)17-11-16(10-12(2)3)8-5-6-9-16/h1,12-13H,5-11H2,2-3H3,(H,19,20)(H2,17,18,21). The van der Waals surface area contributed by atoms with Crippen LogP contribution in [-0.2, 0) is 4.79 Å². The van der Waals surface area contributed by atoms with Gasteiger partial charge in [0.15, 0.2) is 0 Å². The number of aliphatic carboxylic acids is 1. The van der Waals surface area contributed by atoms with Gasteiger partial charge in [-0.25, -0.2) is 9.59 Å². The number of carbonyl (C=O) groups excluding carboxylic acids is 1. The van der Waals surface area contributed by atoms with Crippen molar-refractivity contribution < 1.29 is 14.7 Å². The van der Waals surface area contributed by atoms with Crippen LogP contribution in [-0.4, -0.2) is 29.7 Å². The van der Waals surface area contributed by atoms with Crippen LogP contribution in [0, 0.1) is 23.7 Å². The summed E-state index contributed by atoms with van der Waals surface area (Å²) in [7, 11) is 0. The molecule has 1 unspecified atom stereocenters. The van der Waals surface area contributed by atoms with E-state index in [0.29, 0.717) is 12.5 Å². The number of carbonyl (C=O) groups is 2. The van der Waals surface area contributed by atoms with Gasteiger partial charge in [0, 0.05) is 13.0 Å². The quantitative estimate of drug-likeness (QED) is 0.631. The number of hydrogen-bond acceptors (Lipinski definition) is 2. The monoisotopic (exact) mass is 294 g/mol. The molecule has 0 heterocycles. The van der Waals surface area contributed by atoms with Crippen LogP contribution in [0.5, 0.6) is 0 Å². The molecule has 5 heteroatoms. The van der Waals surface area contributed by atoms with E-state index < -0.39 is 18.0 Å². The number of hydrogen-bond donors (Lipinski definition) is 3. The molecule has 0 radical (unpaired) electrons. The molecular formula is C16H26N2O3. The summed E-state index contributed by atoms with van der Waals surface area (Å²) in [6.07, 6.45) is 10.8. The van der Waals surface area contributed by atoms with Crippen molar-refractivity contribution in [3.63, 3.8) is 0 Å². The second-order valence-corrected chi connectivity index (χ2v) is 6.43. The molecule has 118 valence electrons. The van der Waals surface area contributed by atoms with Gasteiger partial charge in [0.1, 0.15) is 6.04 Å². The van der Waals surface area contributed by atoms with Gasteiger partial charge in [-0.05, 0) is 30.6 Å². The molecule has 0 aromatic carbocycles. The number of carboxylic acid groups (broad SMARTS) is 1. The third-order valence-electron chi connectivity index (χ3n) is 4.05. The molecule has 0 aliphatic heterocycles. The minimum Gasteiger partial charge on any atom is -0.480 e. The van der Waals surface area contributed by atoms with Gasteiger partial charge in [-0.3, -0.25) is 0 Å². The summed E-state index contributed by atoms with van der Waals surface area (Å²) >= 11 is 0. The molecule has 21 heavy (non-hydrogen) atoms. The fourth-order valence-electron chi connectivity index (χ4n) is 3.24. The fourth-order valence-corrected chi connectivity index (χ4v) is 3.24. The van der Waals surface area contributed by atoms with Crippen LogP contribution in [0.15, 0.2) is 0 Å². The first-order valence-corrected chi connectivity index (χ1v) is 7.59. The lowest BCUT2D eigenvalue weighted by molar-refractivity contribution is -0.139. The predicted octanol–water partition coefficient (Wildman–Crippen LogP) is 2.37. The lowest BCUT2D eigenvalue weighted by atomic mass is 9.78. The van der Waals surface area contributed by atoms with E-state index in [9.17, 15) is 9.59 Å². The zero-order chi connectivity index (χ0) is 15.9. The number of carboxylic acids is 1. The Balaban J connectivity index is 2.50. The van der Waals surface area contributed by atoms with Crippen LogP contribution in [0.4, 0.5) is 4.79 Å². The summed E-state index contributed by atoms with van der Waals surface area (Å²) in [6.45, 7) is 4.97. The second-order valence-electron chi connectivity index (χ2n) is 6.43. The summed E-state index contributed by atoms with van der Waals surface area (Å²) in [6, 6.07) is -1.48. The average molecular weight is 294 g/mol. The molecule has 1 aliphatic rings. The predicted molar refractivity (Wildman–Crippen MR) is 81.8 cm³/mol. The first kappa shape index (κ1) is 17.4. The summed E-state index contributed by atoms with van der Waals surface area (Å²) in [5.41, 5.74) is 0.163. The molecule has 1 saturated carbocycles. The van der Waals surface area contributed by atoms with Crippen molar-refractivity contribution in [1.29, 1.82) is 0 Å². The Morgan fingerprint density at radius 3 is 2.43 bits per heavy atom. The largest absolute Gasteiger partial charge is 0.480 e. The topological polar surface area (TPSA) is 78.4 Å². The van der Waals surface area contributed by atoms with Crippen molar-refractivity contribution in [2.75, 3.05) is 6.54 Å². The Morgan fingerprint density at radius 2 is 1.95 bits per heavy atom. The fraction of sp³-hybridized carbons (Fsp3) is 0.750. The highest BCUT2D eigenvalue weighted by molar-refractivity contribution is 5.82. The maximum Gasteiger partial charge on any atom is 0.327 e. The minimum atomic E-state index is -1.11. The summed E-state index contributed by atoms with van der Waals surface area (Å²) in [5.74, 6) is 1.74. The lowest BCUT2D eigenvalue weighted by Crippen LogP contribution is -2.48. The van der Waals surface area contributed by atoms with Crippen LogP contribution in [0.25, 0.3) is 0 Å². The Morgan fingerprint density at radius 1 is 1.33 bits per heavy atom. The highest BCUT2D eigenvalue weighted by Gasteiger charge is 2.34. The molecule has 0 bridgehead atoms. The van der Waals surface area contributed by atoms with Gasteiger partial charge in [0.05, 0.1) is 0 Å². The van der Waals surface area contributed by atoms with E-state index in [-0.39, 0.29) is 11.8 Å². The molecule has 1 aliphatic carbocycles. The van der Waals surface area contributed by atoms with Crippen molar-refractivity contribution in [2.45, 2.75) is 58.4 Å². The highest BCUT2D eigenvalue weighted by Crippen LogP contribution is 2.42. The van der Waals surface area contributed by atoms with Gasteiger partial charge >= 0.3 is 12.0 Å². The summed E-state index contributed by atoms with van der Waals surface area (Å²) in [5, 5.41) is 14.2. The Bertz CT molecular complexity index is 406. The SMILES string of the molecule is C#CCC(NC(=O)NCC1(CC(C)C)CCCC1)C(=O)O. The lowest BCUT2D eigenvalue weighted by Gasteiger charge is -2.31. The Hall–Kier alpha value is -1.70. The Labute approximate surface area is 126 Å². The van der Waals surface area contributed by atoms with Crippen LogP contribution < -0.4 is 10.6 Å². The molecule has 0 spiro atoms. The second kappa shape index (κ2) is 7.92. The molecule has 1 fully saturated rings. The average Bonchev–Trinajstić information content (AvgIpc) is 2.84. The van der Waals surface area contributed by atoms with Crippen molar-refractivity contribution in [1.82, 2.24) is 10.6 Å². The molecule has 3 N–H and O–H groups in total. The molecule has 2 amide bonds. The third kappa shape index (κ3) is 5.66. The van der Waals surface area contributed by atoms with Crippen molar-refractivity contribution in [2.24, 2.45) is 11.3 Å². The van der Waals surface area contributed by atoms with Gasteiger partial charge in [0.2, 0.25) is 0 Å². The van der Waals surface area contributed by atoms with Gasteiger partial charge in [-0.1, -0.05) is 26.7 Å². The van der Waals surface area contributed by atoms with Gasteiger partial charge in [-0.15, -0.1) is 12.3 Å². The van der Waals surface area contributed by atoms with E-state index >= 15 is 0 Å². The highest BCUT2D eigenvalue weighted by atomic mass is 16.4. The first-order chi connectivity index (χ1) is 9.88. The van der Waals surface area contributed by atoms with Crippen molar-refractivity contribution in [3.8, 4) is 12.3 Å². The molecule has 0 aromatic rings. The van der Waals surface area contributed by atoms with Crippen molar-refractivity contribution >= 4 is 12.0 Å². The normalized spacial score (nSPS) is 18.0. The summed E-state index contributed by atoms with van der Waals surface area (Å²) < 4.78 is 0.